The first-order chi connectivity index (χ1) is 19.5. The quantitative estimate of drug-likeness (QED) is 0.127. The minimum Gasteiger partial charge on any atom is -0.616 e. The van der Waals surface area contributed by atoms with Gasteiger partial charge in [-0.3, -0.25) is 9.59 Å². The summed E-state index contributed by atoms with van der Waals surface area (Å²) in [6.45, 7) is 8.96. The summed E-state index contributed by atoms with van der Waals surface area (Å²) < 4.78 is 17.9. The van der Waals surface area contributed by atoms with Crippen LogP contribution in [-0.4, -0.2) is 146 Å². The first kappa shape index (κ1) is 39.6. The largest absolute Gasteiger partial charge is 0.616 e. The summed E-state index contributed by atoms with van der Waals surface area (Å²) in [5.41, 5.74) is -2.74. The zero-order valence-electron chi connectivity index (χ0n) is 25.5. The number of hydrogen-bond acceptors (Lipinski definition) is 9. The Balaban J connectivity index is 0.00000108. The smallest absolute Gasteiger partial charge is 0.336 e. The third-order valence-electron chi connectivity index (χ3n) is 5.93. The SMILES string of the molecule is CC(C)N(CCCN(C)C)C(=S)N(CCCN(C)C)CC[S+]([O-])Cc1ccco1.O=C(O)CC(O)(CC(=O)O)C(=O)O. The van der Waals surface area contributed by atoms with Gasteiger partial charge in [0.25, 0.3) is 0 Å². The van der Waals surface area contributed by atoms with Gasteiger partial charge in [0.15, 0.2) is 22.2 Å². The van der Waals surface area contributed by atoms with E-state index in [1.807, 2.05) is 12.1 Å². The number of aliphatic hydroxyl groups is 1. The lowest BCUT2D eigenvalue weighted by Gasteiger charge is -2.36. The Bertz CT molecular complexity index is 930. The molecule has 15 heteroatoms. The fourth-order valence-corrected chi connectivity index (χ4v) is 5.28. The summed E-state index contributed by atoms with van der Waals surface area (Å²) in [4.78, 5) is 39.4. The van der Waals surface area contributed by atoms with Crippen LogP contribution in [0.5, 0.6) is 0 Å². The van der Waals surface area contributed by atoms with Crippen LogP contribution in [0.4, 0.5) is 0 Å². The van der Waals surface area contributed by atoms with E-state index in [1.54, 1.807) is 6.26 Å². The number of carboxylic acid groups (broad SMARTS) is 3. The van der Waals surface area contributed by atoms with Crippen molar-refractivity contribution in [2.75, 3.05) is 66.7 Å². The molecule has 4 N–H and O–H groups in total. The van der Waals surface area contributed by atoms with E-state index in [0.29, 0.717) is 24.1 Å². The Kier molecular flexibility index (Phi) is 19.3. The number of rotatable bonds is 19. The van der Waals surface area contributed by atoms with Gasteiger partial charge in [0.05, 0.1) is 25.6 Å². The van der Waals surface area contributed by atoms with Crippen molar-refractivity contribution in [3.63, 3.8) is 0 Å². The number of hydrogen-bond donors (Lipinski definition) is 4. The zero-order valence-corrected chi connectivity index (χ0v) is 27.2. The number of aliphatic carboxylic acids is 3. The molecule has 13 nitrogen and oxygen atoms in total. The van der Waals surface area contributed by atoms with Crippen LogP contribution in [0.25, 0.3) is 0 Å². The Morgan fingerprint density at radius 2 is 1.48 bits per heavy atom. The van der Waals surface area contributed by atoms with Gasteiger partial charge < -0.3 is 49.0 Å². The maximum atomic E-state index is 12.5. The van der Waals surface area contributed by atoms with Crippen LogP contribution in [0.15, 0.2) is 22.8 Å². The van der Waals surface area contributed by atoms with Crippen molar-refractivity contribution >= 4 is 46.4 Å². The topological polar surface area (TPSA) is 181 Å². The van der Waals surface area contributed by atoms with E-state index in [1.165, 1.54) is 0 Å². The normalized spacial score (nSPS) is 12.2. The highest BCUT2D eigenvalue weighted by Gasteiger charge is 2.40. The van der Waals surface area contributed by atoms with Gasteiger partial charge in [-0.25, -0.2) is 4.79 Å². The molecule has 0 radical (unpaired) electrons. The standard InChI is InChI=1S/C21H40N4O2S2.C6H8O7/c1-19(2)25(14-9-12-23(5)6)21(28)24(13-8-11-22(3)4)15-17-29(26)18-20-10-7-16-27-20;7-3(8)1-6(13,5(11)12)2-4(9)10/h7,10,16,19H,8-9,11-15,17-18H2,1-6H3;13H,1-2H2,(H,7,8)(H,9,10)(H,11,12). The van der Waals surface area contributed by atoms with Crippen LogP contribution in [0.3, 0.4) is 0 Å². The summed E-state index contributed by atoms with van der Waals surface area (Å²) in [7, 11) is 8.37. The van der Waals surface area contributed by atoms with Gasteiger partial charge in [-0.05, 0) is 103 Å². The average Bonchev–Trinajstić information content (AvgIpc) is 3.35. The number of furan rings is 1. The van der Waals surface area contributed by atoms with Crippen molar-refractivity contribution in [2.45, 2.75) is 56.9 Å². The molecule has 1 unspecified atom stereocenters. The summed E-state index contributed by atoms with van der Waals surface area (Å²) in [5, 5.41) is 34.7. The Morgan fingerprint density at radius 3 is 1.88 bits per heavy atom. The van der Waals surface area contributed by atoms with Crippen molar-refractivity contribution in [2.24, 2.45) is 0 Å². The maximum absolute atomic E-state index is 12.5. The predicted molar refractivity (Wildman–Crippen MR) is 165 cm³/mol. The van der Waals surface area contributed by atoms with Crippen molar-refractivity contribution in [1.29, 1.82) is 0 Å². The summed E-state index contributed by atoms with van der Waals surface area (Å²) in [6.07, 6.45) is 1.44. The van der Waals surface area contributed by atoms with Gasteiger partial charge in [0, 0.05) is 19.1 Å². The fourth-order valence-electron chi connectivity index (χ4n) is 3.75. The Hall–Kier alpha value is -2.43. The number of carbonyl (C=O) groups is 3. The van der Waals surface area contributed by atoms with Crippen LogP contribution in [0.2, 0.25) is 0 Å². The van der Waals surface area contributed by atoms with Gasteiger partial charge in [-0.15, -0.1) is 0 Å². The highest BCUT2D eigenvalue weighted by Crippen LogP contribution is 2.16. The molecule has 1 aromatic rings. The van der Waals surface area contributed by atoms with Gasteiger partial charge in [0.1, 0.15) is 5.75 Å². The van der Waals surface area contributed by atoms with E-state index in [-0.39, 0.29) is 0 Å². The van der Waals surface area contributed by atoms with Crippen LogP contribution in [0.1, 0.15) is 45.3 Å². The van der Waals surface area contributed by atoms with Crippen molar-refractivity contribution in [1.82, 2.24) is 19.6 Å². The molecule has 0 aliphatic heterocycles. The van der Waals surface area contributed by atoms with Crippen molar-refractivity contribution in [3.8, 4) is 0 Å². The molecule has 0 aromatic carbocycles. The van der Waals surface area contributed by atoms with Crippen molar-refractivity contribution in [3.05, 3.63) is 24.2 Å². The molecular weight excluding hydrogens is 588 g/mol. The van der Waals surface area contributed by atoms with Crippen molar-refractivity contribution < 1.29 is 43.8 Å². The maximum Gasteiger partial charge on any atom is 0.336 e. The molecule has 0 aliphatic carbocycles. The molecule has 0 saturated heterocycles. The third kappa shape index (κ3) is 17.5. The second-order valence-electron chi connectivity index (χ2n) is 10.7. The lowest BCUT2D eigenvalue weighted by atomic mass is 9.96. The second-order valence-corrected chi connectivity index (χ2v) is 12.7. The predicted octanol–water partition coefficient (Wildman–Crippen LogP) is 1.48. The van der Waals surface area contributed by atoms with Crippen LogP contribution < -0.4 is 0 Å². The molecule has 0 bridgehead atoms. The minimum atomic E-state index is -2.74. The Labute approximate surface area is 257 Å². The number of carboxylic acids is 3. The van der Waals surface area contributed by atoms with E-state index in [4.69, 9.17) is 37.1 Å². The molecule has 0 spiro atoms. The molecule has 1 rings (SSSR count). The first-order valence-electron chi connectivity index (χ1n) is 13.6. The highest BCUT2D eigenvalue weighted by molar-refractivity contribution is 7.90. The first-order valence-corrected chi connectivity index (χ1v) is 15.5. The third-order valence-corrected chi connectivity index (χ3v) is 7.67. The van der Waals surface area contributed by atoms with E-state index < -0.39 is 47.5 Å². The zero-order chi connectivity index (χ0) is 32.5. The molecule has 1 aromatic heterocycles. The molecular formula is C27H48N4O9S2. The van der Waals surface area contributed by atoms with Crippen LogP contribution >= 0.6 is 12.2 Å². The van der Waals surface area contributed by atoms with Gasteiger partial charge in [-0.2, -0.15) is 0 Å². The van der Waals surface area contributed by atoms with Gasteiger partial charge in [-0.1, -0.05) is 0 Å². The van der Waals surface area contributed by atoms with E-state index in [0.717, 1.165) is 49.9 Å². The van der Waals surface area contributed by atoms with Gasteiger partial charge >= 0.3 is 17.9 Å². The minimum absolute atomic E-state index is 0.342. The van der Waals surface area contributed by atoms with Gasteiger partial charge in [0.2, 0.25) is 0 Å². The summed E-state index contributed by atoms with van der Waals surface area (Å²) >= 11 is 4.94. The monoisotopic (exact) mass is 636 g/mol. The molecule has 42 heavy (non-hydrogen) atoms. The lowest BCUT2D eigenvalue weighted by molar-refractivity contribution is -0.170. The molecule has 0 saturated carbocycles. The molecule has 0 aliphatic rings. The molecule has 242 valence electrons. The fraction of sp³-hybridized carbons (Fsp3) is 0.704. The average molecular weight is 637 g/mol. The molecule has 1 atom stereocenters. The molecule has 0 amide bonds. The molecule has 0 fully saturated rings. The number of nitrogens with zero attached hydrogens (tertiary/aromatic N) is 4. The molecule has 1 heterocycles. The highest BCUT2D eigenvalue weighted by atomic mass is 32.2. The summed E-state index contributed by atoms with van der Waals surface area (Å²) in [6, 6.07) is 4.06. The van der Waals surface area contributed by atoms with E-state index >= 15 is 0 Å². The van der Waals surface area contributed by atoms with Crippen LogP contribution in [0, 0.1) is 0 Å². The van der Waals surface area contributed by atoms with E-state index in [9.17, 15) is 18.9 Å². The van der Waals surface area contributed by atoms with E-state index in [2.05, 4.69) is 61.6 Å². The Morgan fingerprint density at radius 1 is 0.952 bits per heavy atom. The summed E-state index contributed by atoms with van der Waals surface area (Å²) in [5.74, 6) is -3.19. The second kappa shape index (κ2) is 20.5. The van der Waals surface area contributed by atoms with Crippen LogP contribution in [-0.2, 0) is 31.3 Å². The number of thiocarbonyl (C=S) groups is 1. The lowest BCUT2D eigenvalue weighted by Crippen LogP contribution is -2.49.